The third kappa shape index (κ3) is 6.94. The highest BCUT2D eigenvalue weighted by Crippen LogP contribution is 2.25. The van der Waals surface area contributed by atoms with Gasteiger partial charge in [-0.15, -0.1) is 0 Å². The van der Waals surface area contributed by atoms with E-state index in [4.69, 9.17) is 4.74 Å². The lowest BCUT2D eigenvalue weighted by Gasteiger charge is -2.21. The Kier molecular flexibility index (Phi) is 6.21. The molecule has 1 N–H and O–H groups in total. The molecular weight excluding hydrogens is 260 g/mol. The van der Waals surface area contributed by atoms with Gasteiger partial charge in [0.1, 0.15) is 0 Å². The Labute approximate surface area is 130 Å². The highest BCUT2D eigenvalue weighted by atomic mass is 16.5. The molecule has 0 aliphatic rings. The lowest BCUT2D eigenvalue weighted by atomic mass is 9.91. The Bertz CT molecular complexity index is 442. The Morgan fingerprint density at radius 1 is 1.10 bits per heavy atom. The SMILES string of the molecule is CCNCc1cc(OCCC(C)(C)C)nc(C(C)(C)C)c1. The number of pyridine rings is 1. The molecule has 1 aromatic rings. The summed E-state index contributed by atoms with van der Waals surface area (Å²) in [5.74, 6) is 0.750. The Balaban J connectivity index is 2.86. The lowest BCUT2D eigenvalue weighted by Crippen LogP contribution is -2.18. The second kappa shape index (κ2) is 7.26. The maximum Gasteiger partial charge on any atom is 0.213 e. The Hall–Kier alpha value is -1.09. The van der Waals surface area contributed by atoms with Crippen LogP contribution in [0.15, 0.2) is 12.1 Å². The van der Waals surface area contributed by atoms with Gasteiger partial charge in [0.2, 0.25) is 5.88 Å². The molecule has 21 heavy (non-hydrogen) atoms. The van der Waals surface area contributed by atoms with Crippen molar-refractivity contribution >= 4 is 0 Å². The summed E-state index contributed by atoms with van der Waals surface area (Å²) >= 11 is 0. The molecule has 0 saturated carbocycles. The van der Waals surface area contributed by atoms with Crippen LogP contribution in [0.2, 0.25) is 0 Å². The fourth-order valence-electron chi connectivity index (χ4n) is 1.85. The number of ether oxygens (including phenoxy) is 1. The summed E-state index contributed by atoms with van der Waals surface area (Å²) in [6.07, 6.45) is 1.02. The molecule has 0 bridgehead atoms. The van der Waals surface area contributed by atoms with Crippen LogP contribution in [0.5, 0.6) is 5.88 Å². The number of hydrogen-bond acceptors (Lipinski definition) is 3. The first-order valence-electron chi connectivity index (χ1n) is 7.97. The molecule has 0 radical (unpaired) electrons. The van der Waals surface area contributed by atoms with Crippen LogP contribution in [-0.4, -0.2) is 18.1 Å². The number of nitrogens with zero attached hydrogens (tertiary/aromatic N) is 1. The van der Waals surface area contributed by atoms with Crippen molar-refractivity contribution in [2.75, 3.05) is 13.2 Å². The normalized spacial score (nSPS) is 12.5. The molecule has 0 amide bonds. The highest BCUT2D eigenvalue weighted by molar-refractivity contribution is 5.28. The van der Waals surface area contributed by atoms with E-state index in [2.05, 4.69) is 70.9 Å². The molecular formula is C18H32N2O. The van der Waals surface area contributed by atoms with E-state index in [1.54, 1.807) is 0 Å². The molecule has 1 heterocycles. The second-order valence-corrected chi connectivity index (χ2v) is 7.89. The predicted octanol–water partition coefficient (Wildman–Crippen LogP) is 4.30. The highest BCUT2D eigenvalue weighted by Gasteiger charge is 2.18. The molecule has 1 aromatic heterocycles. The zero-order chi connectivity index (χ0) is 16.1. The van der Waals surface area contributed by atoms with Gasteiger partial charge >= 0.3 is 0 Å². The van der Waals surface area contributed by atoms with Gasteiger partial charge in [-0.2, -0.15) is 0 Å². The smallest absolute Gasteiger partial charge is 0.213 e. The summed E-state index contributed by atoms with van der Waals surface area (Å²) in [5, 5.41) is 3.37. The molecule has 3 nitrogen and oxygen atoms in total. The van der Waals surface area contributed by atoms with Gasteiger partial charge in [-0.05, 0) is 30.0 Å². The predicted molar refractivity (Wildman–Crippen MR) is 89.9 cm³/mol. The van der Waals surface area contributed by atoms with Crippen LogP contribution in [0.1, 0.15) is 66.1 Å². The molecule has 0 aliphatic carbocycles. The molecule has 0 saturated heterocycles. The van der Waals surface area contributed by atoms with Gasteiger partial charge in [-0.3, -0.25) is 0 Å². The van der Waals surface area contributed by atoms with E-state index in [-0.39, 0.29) is 10.8 Å². The fraction of sp³-hybridized carbons (Fsp3) is 0.722. The summed E-state index contributed by atoms with van der Waals surface area (Å²) in [5.41, 5.74) is 2.64. The second-order valence-electron chi connectivity index (χ2n) is 7.89. The third-order valence-corrected chi connectivity index (χ3v) is 3.31. The van der Waals surface area contributed by atoms with Crippen molar-refractivity contribution in [2.45, 2.75) is 66.8 Å². The van der Waals surface area contributed by atoms with Gasteiger partial charge in [-0.25, -0.2) is 4.98 Å². The number of rotatable bonds is 6. The quantitative estimate of drug-likeness (QED) is 0.848. The molecule has 0 fully saturated rings. The van der Waals surface area contributed by atoms with Crippen molar-refractivity contribution in [3.05, 3.63) is 23.4 Å². The lowest BCUT2D eigenvalue weighted by molar-refractivity contribution is 0.235. The van der Waals surface area contributed by atoms with E-state index < -0.39 is 0 Å². The van der Waals surface area contributed by atoms with E-state index in [1.807, 2.05) is 0 Å². The first kappa shape index (κ1) is 18.0. The minimum absolute atomic E-state index is 0.0321. The van der Waals surface area contributed by atoms with Crippen molar-refractivity contribution in [2.24, 2.45) is 5.41 Å². The average Bonchev–Trinajstić information content (AvgIpc) is 2.33. The van der Waals surface area contributed by atoms with Gasteiger partial charge in [0.05, 0.1) is 12.3 Å². The van der Waals surface area contributed by atoms with Crippen molar-refractivity contribution < 1.29 is 4.74 Å². The van der Waals surface area contributed by atoms with E-state index in [0.29, 0.717) is 6.61 Å². The van der Waals surface area contributed by atoms with Gasteiger partial charge in [-0.1, -0.05) is 48.5 Å². The van der Waals surface area contributed by atoms with Crippen molar-refractivity contribution in [3.8, 4) is 5.88 Å². The molecule has 0 spiro atoms. The standard InChI is InChI=1S/C18H32N2O/c1-8-19-13-14-11-15(18(5,6)7)20-16(12-14)21-10-9-17(2,3)4/h11-12,19H,8-10,13H2,1-7H3. The van der Waals surface area contributed by atoms with Crippen LogP contribution in [-0.2, 0) is 12.0 Å². The molecule has 0 unspecified atom stereocenters. The minimum Gasteiger partial charge on any atom is -0.478 e. The number of hydrogen-bond donors (Lipinski definition) is 1. The molecule has 0 aromatic carbocycles. The molecule has 0 atom stereocenters. The fourth-order valence-corrected chi connectivity index (χ4v) is 1.85. The van der Waals surface area contributed by atoms with Gasteiger partial charge in [0, 0.05) is 18.0 Å². The molecule has 120 valence electrons. The summed E-state index contributed by atoms with van der Waals surface area (Å²) in [6.45, 7) is 17.9. The van der Waals surface area contributed by atoms with Crippen LogP contribution >= 0.6 is 0 Å². The molecule has 1 rings (SSSR count). The first-order valence-corrected chi connectivity index (χ1v) is 7.97. The van der Waals surface area contributed by atoms with Crippen molar-refractivity contribution in [3.63, 3.8) is 0 Å². The molecule has 3 heteroatoms. The van der Waals surface area contributed by atoms with Crippen LogP contribution in [0.25, 0.3) is 0 Å². The Morgan fingerprint density at radius 2 is 1.76 bits per heavy atom. The van der Waals surface area contributed by atoms with Crippen molar-refractivity contribution in [1.82, 2.24) is 10.3 Å². The third-order valence-electron chi connectivity index (χ3n) is 3.31. The van der Waals surface area contributed by atoms with Crippen LogP contribution in [0.3, 0.4) is 0 Å². The summed E-state index contributed by atoms with van der Waals surface area (Å²) in [6, 6.07) is 4.24. The van der Waals surface area contributed by atoms with E-state index in [1.165, 1.54) is 5.56 Å². The Morgan fingerprint density at radius 3 is 2.29 bits per heavy atom. The maximum atomic E-state index is 5.90. The first-order chi connectivity index (χ1) is 9.62. The van der Waals surface area contributed by atoms with Crippen LogP contribution in [0, 0.1) is 5.41 Å². The van der Waals surface area contributed by atoms with E-state index in [9.17, 15) is 0 Å². The van der Waals surface area contributed by atoms with Crippen molar-refractivity contribution in [1.29, 1.82) is 0 Å². The maximum absolute atomic E-state index is 5.90. The largest absolute Gasteiger partial charge is 0.478 e. The average molecular weight is 292 g/mol. The zero-order valence-electron chi connectivity index (χ0n) is 14.8. The summed E-state index contributed by atoms with van der Waals surface area (Å²) in [7, 11) is 0. The van der Waals surface area contributed by atoms with Crippen LogP contribution in [0.4, 0.5) is 0 Å². The van der Waals surface area contributed by atoms with E-state index >= 15 is 0 Å². The topological polar surface area (TPSA) is 34.1 Å². The zero-order valence-corrected chi connectivity index (χ0v) is 14.8. The monoisotopic (exact) mass is 292 g/mol. The van der Waals surface area contributed by atoms with Crippen LogP contribution < -0.4 is 10.1 Å². The molecule has 0 aliphatic heterocycles. The summed E-state index contributed by atoms with van der Waals surface area (Å²) < 4.78 is 5.90. The number of nitrogens with one attached hydrogen (secondary N) is 1. The number of aromatic nitrogens is 1. The van der Waals surface area contributed by atoms with Gasteiger partial charge < -0.3 is 10.1 Å². The summed E-state index contributed by atoms with van der Waals surface area (Å²) in [4.78, 5) is 4.68. The minimum atomic E-state index is 0.0321. The van der Waals surface area contributed by atoms with E-state index in [0.717, 1.165) is 31.1 Å². The van der Waals surface area contributed by atoms with Gasteiger partial charge in [0.15, 0.2) is 0 Å². The van der Waals surface area contributed by atoms with Gasteiger partial charge in [0.25, 0.3) is 0 Å².